The monoisotopic (exact) mass is 456 g/mol. The molecule has 2 heterocycles. The van der Waals surface area contributed by atoms with Crippen LogP contribution in [0.3, 0.4) is 0 Å². The van der Waals surface area contributed by atoms with E-state index < -0.39 is 0 Å². The highest BCUT2D eigenvalue weighted by molar-refractivity contribution is 5.94. The minimum Gasteiger partial charge on any atom is -0.379 e. The van der Waals surface area contributed by atoms with Crippen molar-refractivity contribution in [3.05, 3.63) is 35.4 Å². The maximum absolute atomic E-state index is 13.3. The lowest BCUT2D eigenvalue weighted by Crippen LogP contribution is -2.58. The molecule has 1 unspecified atom stereocenters. The molecule has 0 spiro atoms. The van der Waals surface area contributed by atoms with Gasteiger partial charge in [-0.1, -0.05) is 30.5 Å². The van der Waals surface area contributed by atoms with E-state index in [-0.39, 0.29) is 17.9 Å². The third kappa shape index (κ3) is 6.55. The molecule has 3 fully saturated rings. The fourth-order valence-electron chi connectivity index (χ4n) is 5.48. The predicted molar refractivity (Wildman–Crippen MR) is 129 cm³/mol. The van der Waals surface area contributed by atoms with E-state index >= 15 is 0 Å². The SMILES string of the molecule is Cc1ccc(C(=O)N2CCN(C(C(=O)NCCCN3CCOCC3)C3CCCC3)CC2)cc1. The van der Waals surface area contributed by atoms with E-state index in [2.05, 4.69) is 15.1 Å². The summed E-state index contributed by atoms with van der Waals surface area (Å²) in [5, 5.41) is 3.24. The molecule has 1 aromatic carbocycles. The first kappa shape index (κ1) is 24.2. The zero-order valence-electron chi connectivity index (χ0n) is 20.1. The van der Waals surface area contributed by atoms with Crippen LogP contribution in [0.5, 0.6) is 0 Å². The highest BCUT2D eigenvalue weighted by Crippen LogP contribution is 2.31. The van der Waals surface area contributed by atoms with Crippen molar-refractivity contribution in [2.75, 3.05) is 65.6 Å². The van der Waals surface area contributed by atoms with E-state index in [1.807, 2.05) is 36.1 Å². The van der Waals surface area contributed by atoms with E-state index in [1.54, 1.807) is 0 Å². The molecular formula is C26H40N4O3. The summed E-state index contributed by atoms with van der Waals surface area (Å²) in [7, 11) is 0. The van der Waals surface area contributed by atoms with Gasteiger partial charge < -0.3 is 15.0 Å². The molecule has 0 bridgehead atoms. The molecule has 2 saturated heterocycles. The quantitative estimate of drug-likeness (QED) is 0.608. The molecule has 3 aliphatic rings. The summed E-state index contributed by atoms with van der Waals surface area (Å²) in [5.74, 6) is 0.713. The number of morpholine rings is 1. The van der Waals surface area contributed by atoms with Crippen molar-refractivity contribution in [1.82, 2.24) is 20.0 Å². The van der Waals surface area contributed by atoms with Crippen LogP contribution in [-0.4, -0.2) is 98.1 Å². The van der Waals surface area contributed by atoms with E-state index in [1.165, 1.54) is 12.8 Å². The van der Waals surface area contributed by atoms with Crippen LogP contribution in [-0.2, 0) is 9.53 Å². The number of hydrogen-bond acceptors (Lipinski definition) is 5. The van der Waals surface area contributed by atoms with Crippen molar-refractivity contribution < 1.29 is 14.3 Å². The number of ether oxygens (including phenoxy) is 1. The number of amides is 2. The van der Waals surface area contributed by atoms with Crippen molar-refractivity contribution in [1.29, 1.82) is 0 Å². The first-order chi connectivity index (χ1) is 16.1. The molecule has 1 aromatic rings. The molecule has 0 aromatic heterocycles. The summed E-state index contributed by atoms with van der Waals surface area (Å²) >= 11 is 0. The molecule has 2 aliphatic heterocycles. The molecular weight excluding hydrogens is 416 g/mol. The Morgan fingerprint density at radius 3 is 2.33 bits per heavy atom. The maximum atomic E-state index is 13.3. The number of piperazine rings is 1. The minimum absolute atomic E-state index is 0.0625. The number of aryl methyl sites for hydroxylation is 1. The molecule has 4 rings (SSSR count). The Hall–Kier alpha value is -1.96. The summed E-state index contributed by atoms with van der Waals surface area (Å²) < 4.78 is 5.41. The largest absolute Gasteiger partial charge is 0.379 e. The molecule has 33 heavy (non-hydrogen) atoms. The van der Waals surface area contributed by atoms with Gasteiger partial charge in [-0.2, -0.15) is 0 Å². The van der Waals surface area contributed by atoms with Crippen LogP contribution in [0.4, 0.5) is 0 Å². The lowest BCUT2D eigenvalue weighted by Gasteiger charge is -2.40. The number of rotatable bonds is 8. The molecule has 2 amide bonds. The third-order valence-corrected chi connectivity index (χ3v) is 7.46. The van der Waals surface area contributed by atoms with Crippen molar-refractivity contribution in [3.8, 4) is 0 Å². The lowest BCUT2D eigenvalue weighted by molar-refractivity contribution is -0.129. The van der Waals surface area contributed by atoms with Gasteiger partial charge in [-0.15, -0.1) is 0 Å². The van der Waals surface area contributed by atoms with Crippen LogP contribution in [0.25, 0.3) is 0 Å². The summed E-state index contributed by atoms with van der Waals surface area (Å²) in [4.78, 5) is 32.9. The van der Waals surface area contributed by atoms with Gasteiger partial charge in [-0.3, -0.25) is 19.4 Å². The fourth-order valence-corrected chi connectivity index (χ4v) is 5.48. The second-order valence-electron chi connectivity index (χ2n) is 9.78. The van der Waals surface area contributed by atoms with Gasteiger partial charge in [0.2, 0.25) is 5.91 Å². The van der Waals surface area contributed by atoms with Crippen LogP contribution in [0.2, 0.25) is 0 Å². The third-order valence-electron chi connectivity index (χ3n) is 7.46. The second-order valence-corrected chi connectivity index (χ2v) is 9.78. The Kier molecular flexibility index (Phi) is 8.75. The van der Waals surface area contributed by atoms with E-state index in [0.29, 0.717) is 19.0 Å². The van der Waals surface area contributed by atoms with Gasteiger partial charge in [0.15, 0.2) is 0 Å². The zero-order valence-corrected chi connectivity index (χ0v) is 20.1. The standard InChI is InChI=1S/C26H40N4O3/c1-21-7-9-23(10-8-21)26(32)30-15-13-29(14-16-30)24(22-5-2-3-6-22)25(31)27-11-4-12-28-17-19-33-20-18-28/h7-10,22,24H,2-6,11-20H2,1H3,(H,27,31). The van der Waals surface area contributed by atoms with E-state index in [0.717, 1.165) is 82.9 Å². The Labute approximate surface area is 198 Å². The highest BCUT2D eigenvalue weighted by atomic mass is 16.5. The number of nitrogens with zero attached hydrogens (tertiary/aromatic N) is 3. The van der Waals surface area contributed by atoms with Crippen molar-refractivity contribution in [2.45, 2.75) is 45.1 Å². The Morgan fingerprint density at radius 2 is 1.67 bits per heavy atom. The van der Waals surface area contributed by atoms with Gasteiger partial charge in [-0.25, -0.2) is 0 Å². The number of benzene rings is 1. The normalized spacial score (nSPS) is 21.8. The molecule has 1 aliphatic carbocycles. The minimum atomic E-state index is -0.0625. The summed E-state index contributed by atoms with van der Waals surface area (Å²) in [5.41, 5.74) is 1.91. The lowest BCUT2D eigenvalue weighted by atomic mass is 9.95. The van der Waals surface area contributed by atoms with Crippen molar-refractivity contribution in [2.24, 2.45) is 5.92 Å². The highest BCUT2D eigenvalue weighted by Gasteiger charge is 2.37. The number of nitrogens with one attached hydrogen (secondary N) is 1. The van der Waals surface area contributed by atoms with Gasteiger partial charge in [-0.05, 0) is 50.8 Å². The van der Waals surface area contributed by atoms with Crippen LogP contribution >= 0.6 is 0 Å². The number of hydrogen-bond donors (Lipinski definition) is 1. The molecule has 1 saturated carbocycles. The van der Waals surface area contributed by atoms with Gasteiger partial charge >= 0.3 is 0 Å². The van der Waals surface area contributed by atoms with Crippen LogP contribution in [0, 0.1) is 12.8 Å². The summed E-state index contributed by atoms with van der Waals surface area (Å²) in [6, 6.07) is 7.74. The smallest absolute Gasteiger partial charge is 0.253 e. The van der Waals surface area contributed by atoms with Gasteiger partial charge in [0.25, 0.3) is 5.91 Å². The Bertz CT molecular complexity index is 764. The maximum Gasteiger partial charge on any atom is 0.253 e. The fraction of sp³-hybridized carbons (Fsp3) is 0.692. The molecule has 182 valence electrons. The predicted octanol–water partition coefficient (Wildman–Crippen LogP) is 2.15. The first-order valence-corrected chi connectivity index (χ1v) is 12.8. The van der Waals surface area contributed by atoms with Gasteiger partial charge in [0, 0.05) is 51.4 Å². The van der Waals surface area contributed by atoms with Crippen molar-refractivity contribution >= 4 is 11.8 Å². The molecule has 0 radical (unpaired) electrons. The number of carbonyl (C=O) groups excluding carboxylic acids is 2. The van der Waals surface area contributed by atoms with Crippen LogP contribution < -0.4 is 5.32 Å². The van der Waals surface area contributed by atoms with Crippen molar-refractivity contribution in [3.63, 3.8) is 0 Å². The second kappa shape index (κ2) is 12.0. The molecule has 1 atom stereocenters. The molecule has 1 N–H and O–H groups in total. The van der Waals surface area contributed by atoms with Gasteiger partial charge in [0.1, 0.15) is 0 Å². The Balaban J connectivity index is 1.28. The Morgan fingerprint density at radius 1 is 1.00 bits per heavy atom. The topological polar surface area (TPSA) is 65.1 Å². The summed E-state index contributed by atoms with van der Waals surface area (Å²) in [6.45, 7) is 10.3. The van der Waals surface area contributed by atoms with Crippen LogP contribution in [0.1, 0.15) is 48.0 Å². The molecule has 7 heteroatoms. The van der Waals surface area contributed by atoms with Crippen LogP contribution in [0.15, 0.2) is 24.3 Å². The summed E-state index contributed by atoms with van der Waals surface area (Å²) in [6.07, 6.45) is 5.68. The average molecular weight is 457 g/mol. The van der Waals surface area contributed by atoms with E-state index in [4.69, 9.17) is 4.74 Å². The molecule has 7 nitrogen and oxygen atoms in total. The zero-order chi connectivity index (χ0) is 23.0. The number of carbonyl (C=O) groups is 2. The average Bonchev–Trinajstić information content (AvgIpc) is 3.37. The first-order valence-electron chi connectivity index (χ1n) is 12.8. The van der Waals surface area contributed by atoms with Gasteiger partial charge in [0.05, 0.1) is 19.3 Å². The van der Waals surface area contributed by atoms with E-state index in [9.17, 15) is 9.59 Å².